The van der Waals surface area contributed by atoms with Gasteiger partial charge < -0.3 is 16.4 Å². The van der Waals surface area contributed by atoms with Gasteiger partial charge in [0.2, 0.25) is 0 Å². The second-order valence-corrected chi connectivity index (χ2v) is 6.63. The van der Waals surface area contributed by atoms with E-state index in [0.29, 0.717) is 9.96 Å². The van der Waals surface area contributed by atoms with Crippen molar-refractivity contribution in [2.24, 2.45) is 11.5 Å². The third kappa shape index (κ3) is 2.75. The van der Waals surface area contributed by atoms with Gasteiger partial charge in [-0.1, -0.05) is 0 Å². The highest BCUT2D eigenvalue weighted by atomic mass is 32.3. The molecule has 1 aromatic rings. The maximum atomic E-state index is 12.3. The van der Waals surface area contributed by atoms with Gasteiger partial charge in [0.15, 0.2) is 0 Å². The van der Waals surface area contributed by atoms with E-state index in [9.17, 15) is 22.8 Å². The van der Waals surface area contributed by atoms with Gasteiger partial charge in [-0.2, -0.15) is 23.3 Å². The van der Waals surface area contributed by atoms with Crippen molar-refractivity contribution in [3.8, 4) is 0 Å². The van der Waals surface area contributed by atoms with Crippen molar-refractivity contribution in [1.82, 2.24) is 24.6 Å². The number of amides is 5. The van der Waals surface area contributed by atoms with Gasteiger partial charge in [0.05, 0.1) is 18.3 Å². The molecule has 15 heteroatoms. The zero-order valence-electron chi connectivity index (χ0n) is 13.3. The van der Waals surface area contributed by atoms with Crippen LogP contribution in [0.4, 0.5) is 14.4 Å². The number of carbonyl (C=O) groups is 3. The molecule has 0 aliphatic carbocycles. The summed E-state index contributed by atoms with van der Waals surface area (Å²) in [4.78, 5) is 37.5. The molecule has 0 aromatic carbocycles. The second kappa shape index (κ2) is 5.90. The van der Waals surface area contributed by atoms with Crippen molar-refractivity contribution in [3.05, 3.63) is 17.5 Å². The highest BCUT2D eigenvalue weighted by Crippen LogP contribution is 2.43. The molecule has 26 heavy (non-hydrogen) atoms. The molecule has 1 unspecified atom stereocenters. The highest BCUT2D eigenvalue weighted by Gasteiger charge is 2.51. The third-order valence-electron chi connectivity index (χ3n) is 4.12. The summed E-state index contributed by atoms with van der Waals surface area (Å²) in [6.07, 6.45) is 1.22. The summed E-state index contributed by atoms with van der Waals surface area (Å²) in [5.41, 5.74) is 11.3. The molecule has 3 heterocycles. The van der Waals surface area contributed by atoms with E-state index in [1.165, 1.54) is 11.1 Å². The molecule has 3 rings (SSSR count). The molecule has 142 valence electrons. The van der Waals surface area contributed by atoms with Crippen molar-refractivity contribution in [1.29, 1.82) is 0 Å². The first-order valence-electron chi connectivity index (χ1n) is 7.19. The molecular formula is C11H15N7O7S. The molecule has 0 spiro atoms. The Balaban J connectivity index is 2.04. The minimum absolute atomic E-state index is 0.00869. The fraction of sp³-hybridized carbons (Fsp3) is 0.455. The topological polar surface area (TPSA) is 194 Å². The Morgan fingerprint density at radius 1 is 1.50 bits per heavy atom. The Kier molecular flexibility index (Phi) is 4.10. The Morgan fingerprint density at radius 3 is 2.69 bits per heavy atom. The van der Waals surface area contributed by atoms with E-state index >= 15 is 0 Å². The fourth-order valence-electron chi connectivity index (χ4n) is 2.92. The predicted molar refractivity (Wildman–Crippen MR) is 81.5 cm³/mol. The van der Waals surface area contributed by atoms with Gasteiger partial charge in [-0.05, 0) is 0 Å². The predicted octanol–water partition coefficient (Wildman–Crippen LogP) is -1.61. The molecule has 0 radical (unpaired) electrons. The van der Waals surface area contributed by atoms with Crippen molar-refractivity contribution in [2.45, 2.75) is 12.1 Å². The zero-order valence-corrected chi connectivity index (χ0v) is 14.2. The van der Waals surface area contributed by atoms with Gasteiger partial charge in [-0.3, -0.25) is 4.55 Å². The first-order valence-corrected chi connectivity index (χ1v) is 8.55. The van der Waals surface area contributed by atoms with Crippen LogP contribution in [0.25, 0.3) is 0 Å². The number of carbonyl (C=O) groups excluding carboxylic acids is 3. The van der Waals surface area contributed by atoms with Crippen LogP contribution in [0.5, 0.6) is 0 Å². The highest BCUT2D eigenvalue weighted by molar-refractivity contribution is 7.80. The number of fused-ring (bicyclic) bond motifs is 4. The second-order valence-electron chi connectivity index (χ2n) is 5.62. The number of nitrogens with two attached hydrogens (primary N) is 2. The van der Waals surface area contributed by atoms with Crippen LogP contribution >= 0.6 is 0 Å². The van der Waals surface area contributed by atoms with Gasteiger partial charge in [0.1, 0.15) is 6.04 Å². The Morgan fingerprint density at radius 2 is 2.15 bits per heavy atom. The summed E-state index contributed by atoms with van der Waals surface area (Å²) in [5, 5.41) is 4.53. The molecule has 14 nitrogen and oxygen atoms in total. The summed E-state index contributed by atoms with van der Waals surface area (Å²) < 4.78 is 36.1. The van der Waals surface area contributed by atoms with E-state index in [4.69, 9.17) is 16.0 Å². The van der Waals surface area contributed by atoms with Crippen molar-refractivity contribution in [2.75, 3.05) is 20.1 Å². The number of hydrogen-bond acceptors (Lipinski definition) is 8. The van der Waals surface area contributed by atoms with Crippen LogP contribution in [-0.4, -0.2) is 75.8 Å². The van der Waals surface area contributed by atoms with Crippen LogP contribution in [0.3, 0.4) is 0 Å². The van der Waals surface area contributed by atoms with Gasteiger partial charge >= 0.3 is 28.5 Å². The number of rotatable bonds is 3. The molecule has 1 fully saturated rings. The molecule has 5 amide bonds. The van der Waals surface area contributed by atoms with Crippen LogP contribution in [-0.2, 0) is 14.7 Å². The minimum Gasteiger partial charge on any atom is -0.351 e. The number of urea groups is 2. The maximum Gasteiger partial charge on any atom is 0.418 e. The zero-order chi connectivity index (χ0) is 19.4. The fourth-order valence-corrected chi connectivity index (χ4v) is 3.29. The average Bonchev–Trinajstić information content (AvgIpc) is 3.10. The summed E-state index contributed by atoms with van der Waals surface area (Å²) in [5.74, 6) is 0. The van der Waals surface area contributed by atoms with E-state index in [2.05, 4.69) is 9.38 Å². The first kappa shape index (κ1) is 18.1. The minimum atomic E-state index is -4.96. The standard InChI is InChI=1S/C11H15N7O7S/c1-15(9(13)19)10(20)17-3-5-7-4-16(6(2-12)8(5)14-17)11(21)18(7)25-26(22,23)24/h3,6-7H,2,4,12H2,1H3,(H2,13,19)(H,22,23,24)/t6?,7-/m1/s1. The van der Waals surface area contributed by atoms with Gasteiger partial charge in [0.25, 0.3) is 0 Å². The summed E-state index contributed by atoms with van der Waals surface area (Å²) in [6, 6.07) is -4.40. The number of hydroxylamine groups is 2. The van der Waals surface area contributed by atoms with E-state index in [0.717, 1.165) is 11.7 Å². The number of imide groups is 1. The third-order valence-corrected chi connectivity index (χ3v) is 4.47. The normalized spacial score (nSPS) is 21.7. The lowest BCUT2D eigenvalue weighted by Crippen LogP contribution is -2.40. The lowest BCUT2D eigenvalue weighted by atomic mass is 9.98. The number of hydrogen-bond donors (Lipinski definition) is 3. The van der Waals surface area contributed by atoms with Crippen LogP contribution in [0.1, 0.15) is 23.3 Å². The summed E-state index contributed by atoms with van der Waals surface area (Å²) in [6.45, 7) is -0.0587. The first-order chi connectivity index (χ1) is 12.0. The molecule has 5 N–H and O–H groups in total. The van der Waals surface area contributed by atoms with Crippen LogP contribution < -0.4 is 11.5 Å². The van der Waals surface area contributed by atoms with Gasteiger partial charge in [-0.25, -0.2) is 19.3 Å². The average molecular weight is 389 g/mol. The molecule has 1 aromatic heterocycles. The molecule has 0 saturated carbocycles. The van der Waals surface area contributed by atoms with Crippen LogP contribution in [0, 0.1) is 0 Å². The Hall–Kier alpha value is -2.75. The SMILES string of the molecule is CN(C(N)=O)C(=O)n1cc2c(n1)C(CN)N1C[C@H]2N(OS(=O)(=O)O)C1=O. The van der Waals surface area contributed by atoms with E-state index in [1.807, 2.05) is 0 Å². The Bertz CT molecular complexity index is 897. The number of primary amides is 1. The quantitative estimate of drug-likeness (QED) is 0.509. The molecule has 2 atom stereocenters. The lowest BCUT2D eigenvalue weighted by Gasteiger charge is -2.28. The van der Waals surface area contributed by atoms with E-state index in [-0.39, 0.29) is 24.3 Å². The van der Waals surface area contributed by atoms with E-state index in [1.54, 1.807) is 0 Å². The van der Waals surface area contributed by atoms with Crippen molar-refractivity contribution >= 4 is 28.5 Å². The molecule has 1 saturated heterocycles. The Labute approximate surface area is 146 Å². The smallest absolute Gasteiger partial charge is 0.351 e. The van der Waals surface area contributed by atoms with Crippen LogP contribution in [0.2, 0.25) is 0 Å². The molecule has 2 bridgehead atoms. The molecule has 2 aliphatic rings. The lowest BCUT2D eigenvalue weighted by molar-refractivity contribution is -0.0317. The summed E-state index contributed by atoms with van der Waals surface area (Å²) >= 11 is 0. The summed E-state index contributed by atoms with van der Waals surface area (Å²) in [7, 11) is -3.80. The molecule has 2 aliphatic heterocycles. The van der Waals surface area contributed by atoms with Gasteiger partial charge in [0, 0.05) is 25.4 Å². The molecular weight excluding hydrogens is 374 g/mol. The largest absolute Gasteiger partial charge is 0.418 e. The number of nitrogens with zero attached hydrogens (tertiary/aromatic N) is 5. The van der Waals surface area contributed by atoms with E-state index < -0.39 is 40.6 Å². The van der Waals surface area contributed by atoms with Crippen molar-refractivity contribution < 1.29 is 31.6 Å². The maximum absolute atomic E-state index is 12.3. The van der Waals surface area contributed by atoms with Crippen molar-refractivity contribution in [3.63, 3.8) is 0 Å². The van der Waals surface area contributed by atoms with Gasteiger partial charge in [-0.15, -0.1) is 4.28 Å². The van der Waals surface area contributed by atoms with Crippen LogP contribution in [0.15, 0.2) is 6.20 Å². The monoisotopic (exact) mass is 389 g/mol. The number of aromatic nitrogens is 2.